The van der Waals surface area contributed by atoms with Crippen LogP contribution in [0, 0.1) is 0 Å². The molecule has 2 unspecified atom stereocenters. The number of nitrogens with one attached hydrogen (secondary N) is 1. The van der Waals surface area contributed by atoms with Crippen LogP contribution in [-0.4, -0.2) is 36.1 Å². The first-order chi connectivity index (χ1) is 13.1. The number of aromatic nitrogens is 1. The Balaban J connectivity index is 1.55. The molecule has 2 atom stereocenters. The van der Waals surface area contributed by atoms with Crippen molar-refractivity contribution in [3.63, 3.8) is 0 Å². The number of ether oxygens (including phenoxy) is 1. The number of rotatable bonds is 5. The molecule has 0 spiro atoms. The minimum Gasteiger partial charge on any atom is -0.376 e. The fourth-order valence-corrected chi connectivity index (χ4v) is 3.75. The van der Waals surface area contributed by atoms with Gasteiger partial charge < -0.3 is 10.1 Å². The van der Waals surface area contributed by atoms with E-state index in [0.717, 1.165) is 19.4 Å². The Morgan fingerprint density at radius 1 is 1.30 bits per heavy atom. The average molecular weight is 386 g/mol. The molecule has 3 heterocycles. The van der Waals surface area contributed by atoms with Crippen LogP contribution in [0.4, 0.5) is 5.69 Å². The maximum Gasteiger partial charge on any atom is 0.260 e. The van der Waals surface area contributed by atoms with Gasteiger partial charge in [0, 0.05) is 30.1 Å². The molecule has 1 saturated heterocycles. The number of pyridine rings is 1. The third-order valence-corrected chi connectivity index (χ3v) is 5.20. The summed E-state index contributed by atoms with van der Waals surface area (Å²) in [5.41, 5.74) is 1.86. The van der Waals surface area contributed by atoms with E-state index in [1.165, 1.54) is 0 Å². The van der Waals surface area contributed by atoms with Crippen LogP contribution in [0.2, 0.25) is 5.02 Å². The summed E-state index contributed by atoms with van der Waals surface area (Å²) in [5.74, 6) is -0.280. The Bertz CT molecular complexity index is 850. The molecule has 2 aliphatic rings. The minimum absolute atomic E-state index is 0.0805. The highest BCUT2D eigenvalue weighted by Gasteiger charge is 2.39. The van der Waals surface area contributed by atoms with Crippen LogP contribution < -0.4 is 10.2 Å². The number of benzene rings is 1. The molecule has 0 bridgehead atoms. The smallest absolute Gasteiger partial charge is 0.260 e. The van der Waals surface area contributed by atoms with E-state index in [1.807, 2.05) is 0 Å². The molecule has 6 nitrogen and oxygen atoms in total. The molecule has 1 aromatic carbocycles. The van der Waals surface area contributed by atoms with E-state index in [0.29, 0.717) is 28.5 Å². The van der Waals surface area contributed by atoms with Crippen molar-refractivity contribution in [3.8, 4) is 0 Å². The Morgan fingerprint density at radius 2 is 2.11 bits per heavy atom. The summed E-state index contributed by atoms with van der Waals surface area (Å²) in [7, 11) is 0. The van der Waals surface area contributed by atoms with E-state index in [2.05, 4.69) is 10.3 Å². The predicted molar refractivity (Wildman–Crippen MR) is 102 cm³/mol. The second-order valence-corrected chi connectivity index (χ2v) is 7.18. The zero-order valence-corrected chi connectivity index (χ0v) is 15.5. The lowest BCUT2D eigenvalue weighted by molar-refractivity contribution is -0.121. The fraction of sp³-hybridized carbons (Fsp3) is 0.350. The Labute approximate surface area is 162 Å². The molecule has 1 N–H and O–H groups in total. The number of hydrogen-bond acceptors (Lipinski definition) is 4. The molecule has 0 saturated carbocycles. The van der Waals surface area contributed by atoms with E-state index in [-0.39, 0.29) is 24.3 Å². The van der Waals surface area contributed by atoms with Gasteiger partial charge in [-0.05, 0) is 49.2 Å². The van der Waals surface area contributed by atoms with E-state index < -0.39 is 6.04 Å². The van der Waals surface area contributed by atoms with Crippen LogP contribution in [-0.2, 0) is 9.53 Å². The summed E-state index contributed by atoms with van der Waals surface area (Å²) in [5, 5.41) is 3.52. The number of amides is 2. The molecule has 0 radical (unpaired) electrons. The third-order valence-electron chi connectivity index (χ3n) is 4.95. The third kappa shape index (κ3) is 3.68. The fourth-order valence-electron chi connectivity index (χ4n) is 3.63. The molecule has 2 aliphatic heterocycles. The maximum atomic E-state index is 12.9. The largest absolute Gasteiger partial charge is 0.376 e. The van der Waals surface area contributed by atoms with Crippen LogP contribution in [0.15, 0.2) is 42.6 Å². The summed E-state index contributed by atoms with van der Waals surface area (Å²) < 4.78 is 5.54. The molecule has 2 amide bonds. The lowest BCUT2D eigenvalue weighted by Gasteiger charge is -2.25. The normalized spacial score (nSPS) is 21.4. The standard InChI is InChI=1S/C20H20ClN3O3/c21-13-5-7-14(8-6-13)24-17(19-16(20(24)26)4-1-9-22-19)11-18(25)23-12-15-3-2-10-27-15/h1,4-9,15,17H,2-3,10-12H2,(H,23,25). The second-order valence-electron chi connectivity index (χ2n) is 6.75. The van der Waals surface area contributed by atoms with Gasteiger partial charge in [-0.2, -0.15) is 0 Å². The monoisotopic (exact) mass is 385 g/mol. The zero-order chi connectivity index (χ0) is 18.8. The first-order valence-corrected chi connectivity index (χ1v) is 9.43. The number of carbonyl (C=O) groups is 2. The van der Waals surface area contributed by atoms with Gasteiger partial charge in [0.25, 0.3) is 5.91 Å². The molecular weight excluding hydrogens is 366 g/mol. The SMILES string of the molecule is O=C(CC1c2ncccc2C(=O)N1c1ccc(Cl)cc1)NCC1CCCO1. The summed E-state index contributed by atoms with van der Waals surface area (Å²) >= 11 is 5.98. The van der Waals surface area contributed by atoms with Gasteiger partial charge >= 0.3 is 0 Å². The van der Waals surface area contributed by atoms with Gasteiger partial charge in [0.2, 0.25) is 5.91 Å². The number of fused-ring (bicyclic) bond motifs is 1. The van der Waals surface area contributed by atoms with Gasteiger partial charge in [-0.3, -0.25) is 19.5 Å². The Kier molecular flexibility index (Phi) is 5.09. The summed E-state index contributed by atoms with van der Waals surface area (Å²) in [6.07, 6.45) is 3.86. The molecule has 2 aromatic rings. The lowest BCUT2D eigenvalue weighted by Crippen LogP contribution is -2.36. The number of halogens is 1. The average Bonchev–Trinajstić information content (AvgIpc) is 3.29. The molecule has 4 rings (SSSR count). The Hall–Kier alpha value is -2.44. The van der Waals surface area contributed by atoms with Gasteiger partial charge in [0.15, 0.2) is 0 Å². The molecule has 7 heteroatoms. The van der Waals surface area contributed by atoms with Crippen LogP contribution in [0.3, 0.4) is 0 Å². The first kappa shape index (κ1) is 17.9. The summed E-state index contributed by atoms with van der Waals surface area (Å²) in [4.78, 5) is 31.5. The van der Waals surface area contributed by atoms with Crippen LogP contribution in [0.1, 0.15) is 41.4 Å². The lowest BCUT2D eigenvalue weighted by atomic mass is 10.1. The number of anilines is 1. The topological polar surface area (TPSA) is 71.5 Å². The van der Waals surface area contributed by atoms with Crippen molar-refractivity contribution in [2.24, 2.45) is 0 Å². The minimum atomic E-state index is -0.445. The molecule has 1 aromatic heterocycles. The van der Waals surface area contributed by atoms with Crippen LogP contribution >= 0.6 is 11.6 Å². The molecular formula is C20H20ClN3O3. The van der Waals surface area contributed by atoms with Crippen molar-refractivity contribution in [2.75, 3.05) is 18.1 Å². The number of carbonyl (C=O) groups excluding carboxylic acids is 2. The van der Waals surface area contributed by atoms with Gasteiger partial charge in [0.05, 0.1) is 29.8 Å². The van der Waals surface area contributed by atoms with E-state index in [1.54, 1.807) is 47.5 Å². The van der Waals surface area contributed by atoms with Crippen molar-refractivity contribution >= 4 is 29.1 Å². The summed E-state index contributed by atoms with van der Waals surface area (Å²) in [6.45, 7) is 1.24. The van der Waals surface area contributed by atoms with E-state index in [9.17, 15) is 9.59 Å². The quantitative estimate of drug-likeness (QED) is 0.858. The van der Waals surface area contributed by atoms with Gasteiger partial charge in [-0.1, -0.05) is 11.6 Å². The zero-order valence-electron chi connectivity index (χ0n) is 14.7. The Morgan fingerprint density at radius 3 is 2.85 bits per heavy atom. The van der Waals surface area contributed by atoms with Crippen molar-refractivity contribution in [1.29, 1.82) is 0 Å². The second kappa shape index (κ2) is 7.66. The van der Waals surface area contributed by atoms with Crippen LogP contribution in [0.25, 0.3) is 0 Å². The van der Waals surface area contributed by atoms with Gasteiger partial charge in [-0.25, -0.2) is 0 Å². The molecule has 140 valence electrons. The van der Waals surface area contributed by atoms with Gasteiger partial charge in [0.1, 0.15) is 0 Å². The van der Waals surface area contributed by atoms with Crippen molar-refractivity contribution in [2.45, 2.75) is 31.4 Å². The number of hydrogen-bond donors (Lipinski definition) is 1. The first-order valence-electron chi connectivity index (χ1n) is 9.06. The number of nitrogens with zero attached hydrogens (tertiary/aromatic N) is 2. The van der Waals surface area contributed by atoms with E-state index >= 15 is 0 Å². The molecule has 27 heavy (non-hydrogen) atoms. The molecule has 1 fully saturated rings. The predicted octanol–water partition coefficient (Wildman–Crippen LogP) is 3.12. The van der Waals surface area contributed by atoms with Crippen LogP contribution in [0.5, 0.6) is 0 Å². The van der Waals surface area contributed by atoms with Crippen molar-refractivity contribution < 1.29 is 14.3 Å². The molecule has 0 aliphatic carbocycles. The highest BCUT2D eigenvalue weighted by molar-refractivity contribution is 6.30. The van der Waals surface area contributed by atoms with Crippen molar-refractivity contribution in [3.05, 3.63) is 58.9 Å². The van der Waals surface area contributed by atoms with E-state index in [4.69, 9.17) is 16.3 Å². The maximum absolute atomic E-state index is 12.9. The summed E-state index contributed by atoms with van der Waals surface area (Å²) in [6, 6.07) is 10.1. The van der Waals surface area contributed by atoms with Crippen molar-refractivity contribution in [1.82, 2.24) is 10.3 Å². The van der Waals surface area contributed by atoms with Gasteiger partial charge in [-0.15, -0.1) is 0 Å². The highest BCUT2D eigenvalue weighted by atomic mass is 35.5. The highest BCUT2D eigenvalue weighted by Crippen LogP contribution is 2.38.